The largest absolute Gasteiger partial charge is 0.461 e. The summed E-state index contributed by atoms with van der Waals surface area (Å²) >= 11 is 0. The molecule has 0 bridgehead atoms. The van der Waals surface area contributed by atoms with E-state index in [0.29, 0.717) is 5.69 Å². The second-order valence-electron chi connectivity index (χ2n) is 3.62. The lowest BCUT2D eigenvalue weighted by Crippen LogP contribution is -2.08. The Morgan fingerprint density at radius 3 is 2.68 bits per heavy atom. The van der Waals surface area contributed by atoms with Crippen molar-refractivity contribution in [3.63, 3.8) is 0 Å². The first-order valence-corrected chi connectivity index (χ1v) is 5.60. The minimum Gasteiger partial charge on any atom is -0.461 e. The first-order chi connectivity index (χ1) is 9.13. The van der Waals surface area contributed by atoms with Gasteiger partial charge >= 0.3 is 11.7 Å². The summed E-state index contributed by atoms with van der Waals surface area (Å²) in [6.45, 7) is 1.76. The molecule has 0 saturated heterocycles. The molecule has 0 aliphatic carbocycles. The quantitative estimate of drug-likeness (QED) is 0.477. The topological polar surface area (TPSA) is 87.3 Å². The van der Waals surface area contributed by atoms with E-state index in [1.165, 1.54) is 10.9 Å². The molecule has 0 aliphatic rings. The van der Waals surface area contributed by atoms with Gasteiger partial charge in [-0.05, 0) is 19.1 Å². The van der Waals surface area contributed by atoms with Gasteiger partial charge in [0, 0.05) is 0 Å². The molecule has 0 N–H and O–H groups in total. The van der Waals surface area contributed by atoms with Crippen LogP contribution in [0.3, 0.4) is 0 Å². The van der Waals surface area contributed by atoms with Gasteiger partial charge in [0.1, 0.15) is 6.20 Å². The van der Waals surface area contributed by atoms with E-state index in [-0.39, 0.29) is 18.0 Å². The second kappa shape index (κ2) is 5.30. The monoisotopic (exact) mass is 261 g/mol. The number of benzene rings is 1. The molecule has 0 amide bonds. The highest BCUT2D eigenvalue weighted by Crippen LogP contribution is 2.20. The summed E-state index contributed by atoms with van der Waals surface area (Å²) < 4.78 is 6.03. The normalized spacial score (nSPS) is 10.2. The van der Waals surface area contributed by atoms with Crippen molar-refractivity contribution in [2.24, 2.45) is 0 Å². The van der Waals surface area contributed by atoms with Crippen molar-refractivity contribution in [1.29, 1.82) is 0 Å². The van der Waals surface area contributed by atoms with E-state index in [9.17, 15) is 14.9 Å². The van der Waals surface area contributed by atoms with Gasteiger partial charge in [0.25, 0.3) is 0 Å². The van der Waals surface area contributed by atoms with Gasteiger partial charge in [-0.1, -0.05) is 18.2 Å². The molecule has 1 heterocycles. The number of hydrogen-bond acceptors (Lipinski definition) is 5. The highest BCUT2D eigenvalue weighted by atomic mass is 16.6. The van der Waals surface area contributed by atoms with E-state index in [2.05, 4.69) is 5.10 Å². The number of rotatable bonds is 4. The summed E-state index contributed by atoms with van der Waals surface area (Å²) in [5.74, 6) is -0.802. The Morgan fingerprint density at radius 2 is 2.11 bits per heavy atom. The summed E-state index contributed by atoms with van der Waals surface area (Å²) in [7, 11) is 0. The summed E-state index contributed by atoms with van der Waals surface area (Å²) in [6, 6.07) is 8.81. The molecule has 0 aliphatic heterocycles. The number of nitrogens with zero attached hydrogens (tertiary/aromatic N) is 3. The van der Waals surface area contributed by atoms with Crippen molar-refractivity contribution >= 4 is 11.7 Å². The molecule has 0 radical (unpaired) electrons. The minimum atomic E-state index is -0.802. The molecule has 98 valence electrons. The molecule has 1 aromatic carbocycles. The van der Waals surface area contributed by atoms with Crippen molar-refractivity contribution in [3.8, 4) is 5.69 Å². The molecular formula is C12H11N3O4. The van der Waals surface area contributed by atoms with Crippen molar-refractivity contribution < 1.29 is 14.5 Å². The fraction of sp³-hybridized carbons (Fsp3) is 0.167. The van der Waals surface area contributed by atoms with Gasteiger partial charge in [0.15, 0.2) is 0 Å². The third-order valence-electron chi connectivity index (χ3n) is 2.38. The van der Waals surface area contributed by atoms with Gasteiger partial charge in [-0.25, -0.2) is 9.48 Å². The van der Waals surface area contributed by atoms with Gasteiger partial charge in [-0.15, -0.1) is 0 Å². The maximum Gasteiger partial charge on any atom is 0.366 e. The van der Waals surface area contributed by atoms with Gasteiger partial charge in [0.2, 0.25) is 5.69 Å². The second-order valence-corrected chi connectivity index (χ2v) is 3.62. The number of hydrogen-bond donors (Lipinski definition) is 0. The highest BCUT2D eigenvalue weighted by molar-refractivity contribution is 5.91. The number of esters is 1. The van der Waals surface area contributed by atoms with Crippen LogP contribution in [0.4, 0.5) is 5.69 Å². The molecule has 0 saturated carbocycles. The predicted molar refractivity (Wildman–Crippen MR) is 66.2 cm³/mol. The Morgan fingerprint density at radius 1 is 1.42 bits per heavy atom. The number of ether oxygens (including phenoxy) is 1. The Kier molecular flexibility index (Phi) is 3.56. The lowest BCUT2D eigenvalue weighted by molar-refractivity contribution is -0.385. The van der Waals surface area contributed by atoms with Crippen LogP contribution in [0.2, 0.25) is 0 Å². The molecule has 7 heteroatoms. The Balaban J connectivity index is 2.47. The van der Waals surface area contributed by atoms with Crippen LogP contribution in [-0.4, -0.2) is 27.3 Å². The number of nitro groups is 1. The van der Waals surface area contributed by atoms with Crippen molar-refractivity contribution in [2.75, 3.05) is 6.61 Å². The van der Waals surface area contributed by atoms with Crippen molar-refractivity contribution in [1.82, 2.24) is 9.78 Å². The number of aromatic nitrogens is 2. The van der Waals surface area contributed by atoms with Crippen molar-refractivity contribution in [2.45, 2.75) is 6.92 Å². The predicted octanol–water partition coefficient (Wildman–Crippen LogP) is 1.96. The van der Waals surface area contributed by atoms with E-state index >= 15 is 0 Å². The van der Waals surface area contributed by atoms with Crippen LogP contribution in [0.1, 0.15) is 17.4 Å². The standard InChI is InChI=1S/C12H11N3O4/c1-2-19-12(16)11-10(15(17)18)8-14(13-11)9-6-4-3-5-7-9/h3-8H,2H2,1H3. The molecule has 0 spiro atoms. The number of carbonyl (C=O) groups excluding carboxylic acids is 1. The van der Waals surface area contributed by atoms with Crippen LogP contribution >= 0.6 is 0 Å². The zero-order valence-corrected chi connectivity index (χ0v) is 10.1. The minimum absolute atomic E-state index is 0.133. The highest BCUT2D eigenvalue weighted by Gasteiger charge is 2.27. The molecule has 1 aromatic heterocycles. The summed E-state index contributed by atoms with van der Waals surface area (Å²) in [4.78, 5) is 21.9. The SMILES string of the molecule is CCOC(=O)c1nn(-c2ccccc2)cc1[N+](=O)[O-]. The summed E-state index contributed by atoms with van der Waals surface area (Å²) in [5.41, 5.74) is -0.0424. The molecule has 0 fully saturated rings. The maximum absolute atomic E-state index is 11.6. The molecule has 7 nitrogen and oxygen atoms in total. The molecule has 0 unspecified atom stereocenters. The van der Waals surface area contributed by atoms with Crippen LogP contribution in [0.15, 0.2) is 36.5 Å². The van der Waals surface area contributed by atoms with Crippen LogP contribution in [-0.2, 0) is 4.74 Å². The molecule has 19 heavy (non-hydrogen) atoms. The summed E-state index contributed by atoms with van der Waals surface area (Å²) in [5, 5.41) is 14.8. The van der Waals surface area contributed by atoms with Gasteiger partial charge in [0.05, 0.1) is 17.2 Å². The summed E-state index contributed by atoms with van der Waals surface area (Å²) in [6.07, 6.45) is 1.20. The third kappa shape index (κ3) is 2.59. The van der Waals surface area contributed by atoms with E-state index < -0.39 is 10.9 Å². The van der Waals surface area contributed by atoms with Crippen LogP contribution in [0.25, 0.3) is 5.69 Å². The Hall–Kier alpha value is -2.70. The molecule has 2 aromatic rings. The van der Waals surface area contributed by atoms with E-state index in [0.717, 1.165) is 0 Å². The van der Waals surface area contributed by atoms with Crippen molar-refractivity contribution in [3.05, 3.63) is 52.3 Å². The molecule has 0 atom stereocenters. The van der Waals surface area contributed by atoms with E-state index in [1.54, 1.807) is 31.2 Å². The average molecular weight is 261 g/mol. The van der Waals surface area contributed by atoms with Gasteiger partial charge < -0.3 is 4.74 Å². The Bertz CT molecular complexity index is 607. The van der Waals surface area contributed by atoms with Gasteiger partial charge in [-0.3, -0.25) is 10.1 Å². The average Bonchev–Trinajstić information content (AvgIpc) is 2.85. The van der Waals surface area contributed by atoms with Crippen LogP contribution < -0.4 is 0 Å². The van der Waals surface area contributed by atoms with Crippen LogP contribution in [0, 0.1) is 10.1 Å². The lowest BCUT2D eigenvalue weighted by atomic mass is 10.3. The Labute approximate surface area is 108 Å². The fourth-order valence-corrected chi connectivity index (χ4v) is 1.56. The molecule has 2 rings (SSSR count). The fourth-order valence-electron chi connectivity index (χ4n) is 1.56. The first-order valence-electron chi connectivity index (χ1n) is 5.60. The molecular weight excluding hydrogens is 250 g/mol. The van der Waals surface area contributed by atoms with Gasteiger partial charge in [-0.2, -0.15) is 5.10 Å². The van der Waals surface area contributed by atoms with E-state index in [1.807, 2.05) is 6.07 Å². The number of para-hydroxylation sites is 1. The zero-order valence-electron chi connectivity index (χ0n) is 10.1. The number of carbonyl (C=O) groups is 1. The van der Waals surface area contributed by atoms with Crippen LogP contribution in [0.5, 0.6) is 0 Å². The van der Waals surface area contributed by atoms with E-state index in [4.69, 9.17) is 4.74 Å². The maximum atomic E-state index is 11.6. The third-order valence-corrected chi connectivity index (χ3v) is 2.38. The smallest absolute Gasteiger partial charge is 0.366 e. The zero-order chi connectivity index (χ0) is 13.8. The first kappa shape index (κ1) is 12.7. The lowest BCUT2D eigenvalue weighted by Gasteiger charge is -1.99.